The van der Waals surface area contributed by atoms with Crippen molar-refractivity contribution in [2.45, 2.75) is 39.0 Å². The van der Waals surface area contributed by atoms with Crippen LogP contribution in [0.5, 0.6) is 11.5 Å². The maximum atomic E-state index is 11.9. The number of ether oxygens (including phenoxy) is 2. The number of carboxylic acids is 1. The first-order valence-corrected chi connectivity index (χ1v) is 8.64. The van der Waals surface area contributed by atoms with Crippen LogP contribution < -0.4 is 9.47 Å². The standard InChI is InChI=1S/C21H26O4/c1-4-5-12-25-20-9-7-6-8-16(20)14-19(21(22)23)18-11-10-17(24-3)13-15(18)2/h6-11,13,19H,4-5,12,14H2,1-3H3,(H,22,23). The van der Waals surface area contributed by atoms with Crippen LogP contribution in [-0.2, 0) is 11.2 Å². The Labute approximate surface area is 149 Å². The molecule has 0 spiro atoms. The molecule has 0 amide bonds. The summed E-state index contributed by atoms with van der Waals surface area (Å²) in [5, 5.41) is 9.77. The molecule has 4 nitrogen and oxygen atoms in total. The highest BCUT2D eigenvalue weighted by Crippen LogP contribution is 2.30. The van der Waals surface area contributed by atoms with Crippen LogP contribution in [0.15, 0.2) is 42.5 Å². The number of carboxylic acid groups (broad SMARTS) is 1. The van der Waals surface area contributed by atoms with E-state index in [1.165, 1.54) is 0 Å². The summed E-state index contributed by atoms with van der Waals surface area (Å²) in [4.78, 5) is 11.9. The number of hydrogen-bond acceptors (Lipinski definition) is 3. The number of carbonyl (C=O) groups is 1. The van der Waals surface area contributed by atoms with Gasteiger partial charge in [-0.15, -0.1) is 0 Å². The molecule has 0 saturated carbocycles. The number of aryl methyl sites for hydroxylation is 1. The van der Waals surface area contributed by atoms with Gasteiger partial charge in [0.15, 0.2) is 0 Å². The summed E-state index contributed by atoms with van der Waals surface area (Å²) in [7, 11) is 1.60. The fraction of sp³-hybridized carbons (Fsp3) is 0.381. The Bertz CT molecular complexity index is 709. The summed E-state index contributed by atoms with van der Waals surface area (Å²) in [5.41, 5.74) is 2.63. The van der Waals surface area contributed by atoms with E-state index in [4.69, 9.17) is 9.47 Å². The second-order valence-corrected chi connectivity index (χ2v) is 6.13. The summed E-state index contributed by atoms with van der Waals surface area (Å²) in [5.74, 6) is 0.0421. The summed E-state index contributed by atoms with van der Waals surface area (Å²) < 4.78 is 11.1. The largest absolute Gasteiger partial charge is 0.497 e. The second kappa shape index (κ2) is 9.11. The molecule has 2 rings (SSSR count). The van der Waals surface area contributed by atoms with Crippen LogP contribution in [0.1, 0.15) is 42.4 Å². The van der Waals surface area contributed by atoms with Crippen molar-refractivity contribution in [3.8, 4) is 11.5 Å². The number of hydrogen-bond donors (Lipinski definition) is 1. The molecule has 134 valence electrons. The molecule has 0 aliphatic rings. The van der Waals surface area contributed by atoms with Gasteiger partial charge >= 0.3 is 5.97 Å². The van der Waals surface area contributed by atoms with Crippen molar-refractivity contribution in [1.29, 1.82) is 0 Å². The number of methoxy groups -OCH3 is 1. The van der Waals surface area contributed by atoms with Gasteiger partial charge in [0.05, 0.1) is 19.6 Å². The third kappa shape index (κ3) is 4.99. The van der Waals surface area contributed by atoms with Crippen molar-refractivity contribution < 1.29 is 19.4 Å². The highest BCUT2D eigenvalue weighted by molar-refractivity contribution is 5.77. The molecule has 0 aromatic heterocycles. The fourth-order valence-corrected chi connectivity index (χ4v) is 2.86. The highest BCUT2D eigenvalue weighted by atomic mass is 16.5. The minimum atomic E-state index is -0.836. The lowest BCUT2D eigenvalue weighted by Crippen LogP contribution is -2.16. The van der Waals surface area contributed by atoms with Gasteiger partial charge in [0.25, 0.3) is 0 Å². The van der Waals surface area contributed by atoms with E-state index in [-0.39, 0.29) is 0 Å². The van der Waals surface area contributed by atoms with Crippen LogP contribution in [0.3, 0.4) is 0 Å². The van der Waals surface area contributed by atoms with Crippen molar-refractivity contribution in [1.82, 2.24) is 0 Å². The number of aliphatic carboxylic acids is 1. The second-order valence-electron chi connectivity index (χ2n) is 6.13. The zero-order chi connectivity index (χ0) is 18.2. The van der Waals surface area contributed by atoms with E-state index in [2.05, 4.69) is 6.92 Å². The maximum absolute atomic E-state index is 11.9. The molecular formula is C21H26O4. The van der Waals surface area contributed by atoms with Crippen molar-refractivity contribution in [3.05, 3.63) is 59.2 Å². The van der Waals surface area contributed by atoms with Gasteiger partial charge in [-0.1, -0.05) is 37.6 Å². The molecule has 2 aromatic carbocycles. The zero-order valence-corrected chi connectivity index (χ0v) is 15.1. The van der Waals surface area contributed by atoms with Gasteiger partial charge in [-0.25, -0.2) is 0 Å². The predicted octanol–water partition coefficient (Wildman–Crippen LogP) is 4.59. The van der Waals surface area contributed by atoms with E-state index in [9.17, 15) is 9.90 Å². The number of rotatable bonds is 9. The van der Waals surface area contributed by atoms with Gasteiger partial charge in [-0.2, -0.15) is 0 Å². The predicted molar refractivity (Wildman–Crippen MR) is 98.7 cm³/mol. The minimum absolute atomic E-state index is 0.394. The van der Waals surface area contributed by atoms with Gasteiger partial charge in [0.1, 0.15) is 11.5 Å². The Balaban J connectivity index is 2.27. The molecule has 0 aliphatic carbocycles. The first kappa shape index (κ1) is 18.8. The fourth-order valence-electron chi connectivity index (χ4n) is 2.86. The third-order valence-corrected chi connectivity index (χ3v) is 4.30. The highest BCUT2D eigenvalue weighted by Gasteiger charge is 2.23. The Morgan fingerprint density at radius 2 is 1.96 bits per heavy atom. The monoisotopic (exact) mass is 342 g/mol. The summed E-state index contributed by atoms with van der Waals surface area (Å²) in [6.45, 7) is 4.67. The Morgan fingerprint density at radius 3 is 2.60 bits per heavy atom. The normalized spacial score (nSPS) is 11.8. The number of benzene rings is 2. The molecule has 1 N–H and O–H groups in total. The van der Waals surface area contributed by atoms with Crippen LogP contribution in [0.2, 0.25) is 0 Å². The van der Waals surface area contributed by atoms with Crippen molar-refractivity contribution in [2.24, 2.45) is 0 Å². The summed E-state index contributed by atoms with van der Waals surface area (Å²) in [6.07, 6.45) is 2.43. The number of unbranched alkanes of at least 4 members (excludes halogenated alkanes) is 1. The van der Waals surface area contributed by atoms with Gasteiger partial charge in [-0.3, -0.25) is 4.79 Å². The molecule has 1 unspecified atom stereocenters. The lowest BCUT2D eigenvalue weighted by Gasteiger charge is -2.18. The quantitative estimate of drug-likeness (QED) is 0.677. The zero-order valence-electron chi connectivity index (χ0n) is 15.1. The van der Waals surface area contributed by atoms with Crippen molar-refractivity contribution in [2.75, 3.05) is 13.7 Å². The molecule has 0 saturated heterocycles. The molecule has 0 fully saturated rings. The molecule has 0 radical (unpaired) electrons. The Morgan fingerprint density at radius 1 is 1.20 bits per heavy atom. The molecule has 25 heavy (non-hydrogen) atoms. The van der Waals surface area contributed by atoms with E-state index in [0.717, 1.165) is 41.0 Å². The van der Waals surface area contributed by atoms with Crippen LogP contribution in [0.4, 0.5) is 0 Å². The first-order chi connectivity index (χ1) is 12.1. The van der Waals surface area contributed by atoms with E-state index >= 15 is 0 Å². The van der Waals surface area contributed by atoms with E-state index in [0.29, 0.717) is 13.0 Å². The van der Waals surface area contributed by atoms with Crippen LogP contribution in [0.25, 0.3) is 0 Å². The molecular weight excluding hydrogens is 316 g/mol. The molecule has 0 heterocycles. The third-order valence-electron chi connectivity index (χ3n) is 4.30. The molecule has 0 bridgehead atoms. The Hall–Kier alpha value is -2.49. The van der Waals surface area contributed by atoms with Crippen LogP contribution in [-0.4, -0.2) is 24.8 Å². The molecule has 2 aromatic rings. The first-order valence-electron chi connectivity index (χ1n) is 8.64. The minimum Gasteiger partial charge on any atom is -0.497 e. The molecule has 4 heteroatoms. The van der Waals surface area contributed by atoms with Crippen LogP contribution >= 0.6 is 0 Å². The van der Waals surface area contributed by atoms with E-state index in [1.807, 2.05) is 49.4 Å². The lowest BCUT2D eigenvalue weighted by atomic mass is 9.89. The van der Waals surface area contributed by atoms with E-state index in [1.54, 1.807) is 7.11 Å². The molecule has 0 aliphatic heterocycles. The van der Waals surface area contributed by atoms with Gasteiger partial charge < -0.3 is 14.6 Å². The average Bonchev–Trinajstić information content (AvgIpc) is 2.61. The average molecular weight is 342 g/mol. The number of para-hydroxylation sites is 1. The van der Waals surface area contributed by atoms with Gasteiger partial charge in [0, 0.05) is 0 Å². The van der Waals surface area contributed by atoms with E-state index < -0.39 is 11.9 Å². The topological polar surface area (TPSA) is 55.8 Å². The van der Waals surface area contributed by atoms with Gasteiger partial charge in [-0.05, 0) is 54.7 Å². The van der Waals surface area contributed by atoms with Crippen LogP contribution in [0, 0.1) is 6.92 Å². The van der Waals surface area contributed by atoms with Crippen molar-refractivity contribution >= 4 is 5.97 Å². The van der Waals surface area contributed by atoms with Gasteiger partial charge in [0.2, 0.25) is 0 Å². The van der Waals surface area contributed by atoms with Crippen molar-refractivity contribution in [3.63, 3.8) is 0 Å². The summed E-state index contributed by atoms with van der Waals surface area (Å²) >= 11 is 0. The lowest BCUT2D eigenvalue weighted by molar-refractivity contribution is -0.138. The SMILES string of the molecule is CCCCOc1ccccc1CC(C(=O)O)c1ccc(OC)cc1C. The summed E-state index contributed by atoms with van der Waals surface area (Å²) in [6, 6.07) is 13.2. The maximum Gasteiger partial charge on any atom is 0.311 e. The smallest absolute Gasteiger partial charge is 0.311 e. The molecule has 1 atom stereocenters. The Kier molecular flexibility index (Phi) is 6.87.